The van der Waals surface area contributed by atoms with Gasteiger partial charge in [-0.05, 0) is 61.7 Å². The molecule has 0 saturated carbocycles. The van der Waals surface area contributed by atoms with Crippen molar-refractivity contribution >= 4 is 27.5 Å². The van der Waals surface area contributed by atoms with Gasteiger partial charge >= 0.3 is 0 Å². The van der Waals surface area contributed by atoms with Gasteiger partial charge in [0.1, 0.15) is 0 Å². The van der Waals surface area contributed by atoms with Gasteiger partial charge < -0.3 is 14.8 Å². The number of piperidine rings is 1. The predicted octanol–water partition coefficient (Wildman–Crippen LogP) is 3.46. The molecule has 1 amide bonds. The Hall–Kier alpha value is -2.29. The maximum absolute atomic E-state index is 12.9. The van der Waals surface area contributed by atoms with E-state index in [1.54, 1.807) is 25.3 Å². The number of hydrogen-bond donors (Lipinski definition) is 1. The second-order valence-electron chi connectivity index (χ2n) is 7.29. The average molecular weight is 467 g/mol. The van der Waals surface area contributed by atoms with Gasteiger partial charge in [-0.2, -0.15) is 4.31 Å². The molecule has 1 saturated heterocycles. The highest BCUT2D eigenvalue weighted by Crippen LogP contribution is 2.28. The number of halogens is 1. The highest BCUT2D eigenvalue weighted by molar-refractivity contribution is 7.89. The van der Waals surface area contributed by atoms with Crippen LogP contribution in [-0.2, 0) is 21.4 Å². The van der Waals surface area contributed by atoms with Crippen molar-refractivity contribution in [3.63, 3.8) is 0 Å². The van der Waals surface area contributed by atoms with Crippen molar-refractivity contribution in [2.45, 2.75) is 31.2 Å². The average Bonchev–Trinajstić information content (AvgIpc) is 2.78. The fraction of sp³-hybridized carbons (Fsp3) is 0.409. The first kappa shape index (κ1) is 23.4. The molecule has 2 aromatic rings. The molecular weight excluding hydrogens is 440 g/mol. The lowest BCUT2D eigenvalue weighted by Crippen LogP contribution is -2.45. The summed E-state index contributed by atoms with van der Waals surface area (Å²) in [6.07, 6.45) is 1.27. The molecule has 7 nitrogen and oxygen atoms in total. The van der Waals surface area contributed by atoms with Gasteiger partial charge in [0.2, 0.25) is 15.9 Å². The number of ether oxygens (including phenoxy) is 2. The van der Waals surface area contributed by atoms with Crippen molar-refractivity contribution < 1.29 is 22.7 Å². The molecule has 9 heteroatoms. The maximum atomic E-state index is 12.9. The van der Waals surface area contributed by atoms with E-state index in [2.05, 4.69) is 5.32 Å². The number of carbonyl (C=O) groups excluding carboxylic acids is 1. The summed E-state index contributed by atoms with van der Waals surface area (Å²) in [5.74, 6) is 0.687. The third kappa shape index (κ3) is 5.70. The lowest BCUT2D eigenvalue weighted by atomic mass is 9.98. The number of nitrogens with one attached hydrogen (secondary N) is 1. The monoisotopic (exact) mass is 466 g/mol. The third-order valence-corrected chi connectivity index (χ3v) is 7.33. The van der Waals surface area contributed by atoms with E-state index in [4.69, 9.17) is 21.1 Å². The molecule has 1 atom stereocenters. The van der Waals surface area contributed by atoms with Crippen molar-refractivity contribution in [1.82, 2.24) is 9.62 Å². The molecule has 0 spiro atoms. The minimum absolute atomic E-state index is 0.156. The van der Waals surface area contributed by atoms with Crippen molar-refractivity contribution in [3.05, 3.63) is 53.1 Å². The Morgan fingerprint density at radius 2 is 1.94 bits per heavy atom. The largest absolute Gasteiger partial charge is 0.493 e. The quantitative estimate of drug-likeness (QED) is 0.644. The van der Waals surface area contributed by atoms with E-state index in [0.29, 0.717) is 49.1 Å². The molecule has 1 aliphatic heterocycles. The Kier molecular flexibility index (Phi) is 7.80. The summed E-state index contributed by atoms with van der Waals surface area (Å²) in [5, 5.41) is 3.39. The van der Waals surface area contributed by atoms with Crippen LogP contribution in [0.4, 0.5) is 0 Å². The Balaban J connectivity index is 1.63. The first-order chi connectivity index (χ1) is 14.8. The number of benzene rings is 2. The summed E-state index contributed by atoms with van der Waals surface area (Å²) < 4.78 is 38.1. The normalized spacial score (nSPS) is 17.2. The molecule has 2 aromatic carbocycles. The van der Waals surface area contributed by atoms with Crippen LogP contribution in [-0.4, -0.2) is 45.4 Å². The number of hydrogen-bond acceptors (Lipinski definition) is 5. The molecule has 168 valence electrons. The summed E-state index contributed by atoms with van der Waals surface area (Å²) in [6.45, 7) is 3.27. The molecule has 1 fully saturated rings. The molecule has 0 bridgehead atoms. The fourth-order valence-corrected chi connectivity index (χ4v) is 5.21. The minimum Gasteiger partial charge on any atom is -0.493 e. The summed E-state index contributed by atoms with van der Waals surface area (Å²) in [4.78, 5) is 12.9. The van der Waals surface area contributed by atoms with Gasteiger partial charge in [-0.15, -0.1) is 0 Å². The number of amides is 1. The standard InChI is InChI=1S/C22H27ClN2O5S/c1-3-30-21-13-16(6-11-20(21)29-2)14-24-22(26)17-5-4-12-25(15-17)31(27,28)19-9-7-18(23)8-10-19/h6-11,13,17H,3-5,12,14-15H2,1-2H3,(H,24,26)/t17-/m1/s1. The summed E-state index contributed by atoms with van der Waals surface area (Å²) >= 11 is 5.87. The first-order valence-electron chi connectivity index (χ1n) is 10.2. The van der Waals surface area contributed by atoms with E-state index < -0.39 is 15.9 Å². The Labute approximate surface area is 188 Å². The van der Waals surface area contributed by atoms with Crippen molar-refractivity contribution in [3.8, 4) is 11.5 Å². The van der Waals surface area contributed by atoms with Gasteiger partial charge in [-0.1, -0.05) is 17.7 Å². The fourth-order valence-electron chi connectivity index (χ4n) is 3.56. The first-order valence-corrected chi connectivity index (χ1v) is 12.0. The van der Waals surface area contributed by atoms with Gasteiger partial charge in [0.15, 0.2) is 11.5 Å². The van der Waals surface area contributed by atoms with E-state index >= 15 is 0 Å². The van der Waals surface area contributed by atoms with Gasteiger partial charge in [-0.25, -0.2) is 8.42 Å². The minimum atomic E-state index is -3.67. The van der Waals surface area contributed by atoms with E-state index in [1.165, 1.54) is 16.4 Å². The van der Waals surface area contributed by atoms with Crippen LogP contribution in [0.2, 0.25) is 5.02 Å². The van der Waals surface area contributed by atoms with Crippen molar-refractivity contribution in [1.29, 1.82) is 0 Å². The van der Waals surface area contributed by atoms with Crippen LogP contribution in [0.25, 0.3) is 0 Å². The lowest BCUT2D eigenvalue weighted by Gasteiger charge is -2.31. The van der Waals surface area contributed by atoms with Crippen LogP contribution in [0.15, 0.2) is 47.4 Å². The van der Waals surface area contributed by atoms with Gasteiger partial charge in [0, 0.05) is 24.7 Å². The Morgan fingerprint density at radius 3 is 2.61 bits per heavy atom. The summed E-state index contributed by atoms with van der Waals surface area (Å²) in [6, 6.07) is 11.6. The molecule has 0 radical (unpaired) electrons. The molecule has 0 aromatic heterocycles. The molecule has 3 rings (SSSR count). The van der Waals surface area contributed by atoms with Gasteiger partial charge in [0.25, 0.3) is 0 Å². The smallest absolute Gasteiger partial charge is 0.243 e. The Bertz CT molecular complexity index is 1010. The molecular formula is C22H27ClN2O5S. The SMILES string of the molecule is CCOc1cc(CNC(=O)[C@@H]2CCCN(S(=O)(=O)c3ccc(Cl)cc3)C2)ccc1OC. The van der Waals surface area contributed by atoms with Gasteiger partial charge in [0.05, 0.1) is 24.5 Å². The van der Waals surface area contributed by atoms with Crippen LogP contribution >= 0.6 is 11.6 Å². The molecule has 0 unspecified atom stereocenters. The van der Waals surface area contributed by atoms with E-state index in [1.807, 2.05) is 19.1 Å². The summed E-state index contributed by atoms with van der Waals surface area (Å²) in [7, 11) is -2.09. The number of nitrogens with zero attached hydrogens (tertiary/aromatic N) is 1. The molecule has 31 heavy (non-hydrogen) atoms. The molecule has 1 N–H and O–H groups in total. The second kappa shape index (κ2) is 10.3. The predicted molar refractivity (Wildman–Crippen MR) is 119 cm³/mol. The van der Waals surface area contributed by atoms with Gasteiger partial charge in [-0.3, -0.25) is 4.79 Å². The lowest BCUT2D eigenvalue weighted by molar-refractivity contribution is -0.126. The second-order valence-corrected chi connectivity index (χ2v) is 9.67. The Morgan fingerprint density at radius 1 is 1.19 bits per heavy atom. The van der Waals surface area contributed by atoms with Crippen LogP contribution < -0.4 is 14.8 Å². The highest BCUT2D eigenvalue weighted by Gasteiger charge is 2.33. The molecule has 1 aliphatic rings. The molecule has 0 aliphatic carbocycles. The summed E-state index contributed by atoms with van der Waals surface area (Å²) in [5.41, 5.74) is 0.874. The number of rotatable bonds is 8. The zero-order valence-corrected chi connectivity index (χ0v) is 19.2. The van der Waals surface area contributed by atoms with Crippen LogP contribution in [0.3, 0.4) is 0 Å². The number of sulfonamides is 1. The van der Waals surface area contributed by atoms with Crippen LogP contribution in [0.1, 0.15) is 25.3 Å². The number of carbonyl (C=O) groups is 1. The van der Waals surface area contributed by atoms with E-state index in [0.717, 1.165) is 5.56 Å². The topological polar surface area (TPSA) is 84.9 Å². The third-order valence-electron chi connectivity index (χ3n) is 5.20. The van der Waals surface area contributed by atoms with E-state index in [9.17, 15) is 13.2 Å². The highest BCUT2D eigenvalue weighted by atomic mass is 35.5. The van der Waals surface area contributed by atoms with E-state index in [-0.39, 0.29) is 17.3 Å². The zero-order chi connectivity index (χ0) is 22.4. The maximum Gasteiger partial charge on any atom is 0.243 e. The van der Waals surface area contributed by atoms with Crippen molar-refractivity contribution in [2.75, 3.05) is 26.8 Å². The van der Waals surface area contributed by atoms with Crippen LogP contribution in [0.5, 0.6) is 11.5 Å². The van der Waals surface area contributed by atoms with Crippen LogP contribution in [0, 0.1) is 5.92 Å². The van der Waals surface area contributed by atoms with Crippen molar-refractivity contribution in [2.24, 2.45) is 5.92 Å². The molecule has 1 heterocycles. The zero-order valence-electron chi connectivity index (χ0n) is 17.6. The number of methoxy groups -OCH3 is 1.